The van der Waals surface area contributed by atoms with Gasteiger partial charge in [-0.3, -0.25) is 0 Å². The normalized spacial score (nSPS) is 8.76. The van der Waals surface area contributed by atoms with E-state index in [2.05, 4.69) is 13.2 Å². The van der Waals surface area contributed by atoms with E-state index in [1.54, 1.807) is 24.3 Å². The number of phenolic OH excluding ortho intramolecular Hbond substituents is 2. The standard InChI is InChI=1S/2C9H10O.H2S/c2*1-2-5-8-6-3-4-7-9(8)10;/h2*2-4,6-7,10H,1,5H2;1H2. The van der Waals surface area contributed by atoms with Crippen molar-refractivity contribution in [3.05, 3.63) is 85.0 Å². The Balaban J connectivity index is 0.000000364. The van der Waals surface area contributed by atoms with Gasteiger partial charge in [-0.25, -0.2) is 0 Å². The third-order valence-corrected chi connectivity index (χ3v) is 2.71. The van der Waals surface area contributed by atoms with Crippen LogP contribution in [0.5, 0.6) is 11.5 Å². The minimum atomic E-state index is 0. The second-order valence-electron chi connectivity index (χ2n) is 4.24. The van der Waals surface area contributed by atoms with Crippen molar-refractivity contribution >= 4 is 13.5 Å². The van der Waals surface area contributed by atoms with Gasteiger partial charge in [0.2, 0.25) is 0 Å². The predicted octanol–water partition coefficient (Wildman–Crippen LogP) is 4.35. The van der Waals surface area contributed by atoms with E-state index in [1.807, 2.05) is 36.4 Å². The Labute approximate surface area is 133 Å². The van der Waals surface area contributed by atoms with Crippen molar-refractivity contribution in [3.63, 3.8) is 0 Å². The van der Waals surface area contributed by atoms with Gasteiger partial charge in [0.1, 0.15) is 11.5 Å². The molecule has 3 heteroatoms. The van der Waals surface area contributed by atoms with Crippen LogP contribution >= 0.6 is 13.5 Å². The maximum absolute atomic E-state index is 9.19. The van der Waals surface area contributed by atoms with E-state index in [4.69, 9.17) is 0 Å². The Morgan fingerprint density at radius 1 is 0.714 bits per heavy atom. The van der Waals surface area contributed by atoms with E-state index in [-0.39, 0.29) is 13.5 Å². The summed E-state index contributed by atoms with van der Waals surface area (Å²) in [5.41, 5.74) is 1.86. The molecule has 0 unspecified atom stereocenters. The number of rotatable bonds is 4. The quantitative estimate of drug-likeness (QED) is 0.824. The van der Waals surface area contributed by atoms with Gasteiger partial charge in [0.15, 0.2) is 0 Å². The summed E-state index contributed by atoms with van der Waals surface area (Å²) in [6.45, 7) is 7.17. The highest BCUT2D eigenvalue weighted by Crippen LogP contribution is 2.16. The molecule has 0 atom stereocenters. The van der Waals surface area contributed by atoms with E-state index in [0.717, 1.165) is 24.0 Å². The highest BCUT2D eigenvalue weighted by atomic mass is 32.1. The fourth-order valence-corrected chi connectivity index (χ4v) is 1.68. The number of hydrogen-bond acceptors (Lipinski definition) is 2. The van der Waals surface area contributed by atoms with Crippen LogP contribution in [0.4, 0.5) is 0 Å². The molecule has 0 fully saturated rings. The summed E-state index contributed by atoms with van der Waals surface area (Å²) in [6, 6.07) is 14.5. The molecule has 0 saturated heterocycles. The lowest BCUT2D eigenvalue weighted by atomic mass is 10.1. The third kappa shape index (κ3) is 6.72. The molecular weight excluding hydrogens is 280 g/mol. The Hall–Kier alpha value is -2.13. The third-order valence-electron chi connectivity index (χ3n) is 2.71. The minimum absolute atomic E-state index is 0. The van der Waals surface area contributed by atoms with E-state index < -0.39 is 0 Å². The lowest BCUT2D eigenvalue weighted by Gasteiger charge is -1.97. The van der Waals surface area contributed by atoms with E-state index in [0.29, 0.717) is 11.5 Å². The molecule has 0 aromatic heterocycles. The Morgan fingerprint density at radius 3 is 1.33 bits per heavy atom. The van der Waals surface area contributed by atoms with Gasteiger partial charge in [0.05, 0.1) is 0 Å². The molecule has 0 radical (unpaired) electrons. The van der Waals surface area contributed by atoms with Gasteiger partial charge < -0.3 is 10.2 Å². The van der Waals surface area contributed by atoms with E-state index >= 15 is 0 Å². The molecule has 112 valence electrons. The summed E-state index contributed by atoms with van der Waals surface area (Å²) >= 11 is 0. The monoisotopic (exact) mass is 302 g/mol. The topological polar surface area (TPSA) is 40.5 Å². The van der Waals surface area contributed by atoms with Crippen molar-refractivity contribution in [2.24, 2.45) is 0 Å². The summed E-state index contributed by atoms with van der Waals surface area (Å²) in [5.74, 6) is 0.699. The van der Waals surface area contributed by atoms with Gasteiger partial charge in [-0.1, -0.05) is 48.6 Å². The van der Waals surface area contributed by atoms with Crippen LogP contribution in [0.15, 0.2) is 73.8 Å². The molecule has 0 saturated carbocycles. The van der Waals surface area contributed by atoms with Crippen molar-refractivity contribution in [1.82, 2.24) is 0 Å². The molecule has 2 aromatic carbocycles. The van der Waals surface area contributed by atoms with Crippen molar-refractivity contribution in [2.45, 2.75) is 12.8 Å². The molecule has 21 heavy (non-hydrogen) atoms. The molecule has 0 heterocycles. The Bertz CT molecular complexity index is 513. The minimum Gasteiger partial charge on any atom is -0.508 e. The van der Waals surface area contributed by atoms with Gasteiger partial charge in [0, 0.05) is 0 Å². The Morgan fingerprint density at radius 2 is 1.05 bits per heavy atom. The number of allylic oxidation sites excluding steroid dienone is 2. The van der Waals surface area contributed by atoms with E-state index in [9.17, 15) is 10.2 Å². The second kappa shape index (κ2) is 10.6. The molecule has 2 aromatic rings. The molecule has 0 bridgehead atoms. The average Bonchev–Trinajstić information content (AvgIpc) is 2.45. The maximum atomic E-state index is 9.19. The molecule has 0 amide bonds. The van der Waals surface area contributed by atoms with E-state index in [1.165, 1.54) is 0 Å². The molecule has 0 aliphatic heterocycles. The summed E-state index contributed by atoms with van der Waals surface area (Å²) in [7, 11) is 0. The highest BCUT2D eigenvalue weighted by molar-refractivity contribution is 7.59. The summed E-state index contributed by atoms with van der Waals surface area (Å²) in [5, 5.41) is 18.4. The fraction of sp³-hybridized carbons (Fsp3) is 0.111. The molecule has 0 aliphatic rings. The number of hydrogen-bond donors (Lipinski definition) is 2. The number of benzene rings is 2. The smallest absolute Gasteiger partial charge is 0.119 e. The molecule has 2 nitrogen and oxygen atoms in total. The van der Waals surface area contributed by atoms with Crippen LogP contribution in [0.3, 0.4) is 0 Å². The molecule has 2 N–H and O–H groups in total. The summed E-state index contributed by atoms with van der Waals surface area (Å²) in [4.78, 5) is 0. The summed E-state index contributed by atoms with van der Waals surface area (Å²) in [6.07, 6.45) is 5.00. The van der Waals surface area contributed by atoms with Crippen LogP contribution < -0.4 is 0 Å². The molecule has 0 aliphatic carbocycles. The largest absolute Gasteiger partial charge is 0.508 e. The number of phenols is 2. The van der Waals surface area contributed by atoms with Gasteiger partial charge in [0.25, 0.3) is 0 Å². The SMILES string of the molecule is C=CCc1ccccc1O.C=CCc1ccccc1O.S. The van der Waals surface area contributed by atoms with Gasteiger partial charge in [-0.15, -0.1) is 13.2 Å². The number of aromatic hydroxyl groups is 2. The molecular formula is C18H22O2S. The first kappa shape index (κ1) is 18.9. The zero-order chi connectivity index (χ0) is 14.8. The van der Waals surface area contributed by atoms with Gasteiger partial charge in [-0.2, -0.15) is 13.5 Å². The van der Waals surface area contributed by atoms with Crippen molar-refractivity contribution in [1.29, 1.82) is 0 Å². The van der Waals surface area contributed by atoms with Crippen LogP contribution in [0.25, 0.3) is 0 Å². The molecule has 0 spiro atoms. The van der Waals surface area contributed by atoms with Gasteiger partial charge >= 0.3 is 0 Å². The van der Waals surface area contributed by atoms with Gasteiger partial charge in [-0.05, 0) is 36.1 Å². The van der Waals surface area contributed by atoms with Crippen LogP contribution in [0.2, 0.25) is 0 Å². The first-order valence-corrected chi connectivity index (χ1v) is 6.44. The van der Waals surface area contributed by atoms with Crippen LogP contribution in [0, 0.1) is 0 Å². The number of para-hydroxylation sites is 2. The molecule has 2 rings (SSSR count). The zero-order valence-electron chi connectivity index (χ0n) is 12.0. The van der Waals surface area contributed by atoms with Crippen molar-refractivity contribution in [2.75, 3.05) is 0 Å². The van der Waals surface area contributed by atoms with Crippen LogP contribution in [-0.2, 0) is 12.8 Å². The predicted molar refractivity (Wildman–Crippen MR) is 94.4 cm³/mol. The van der Waals surface area contributed by atoms with Crippen molar-refractivity contribution < 1.29 is 10.2 Å². The summed E-state index contributed by atoms with van der Waals surface area (Å²) < 4.78 is 0. The first-order chi connectivity index (χ1) is 9.69. The fourth-order valence-electron chi connectivity index (χ4n) is 1.68. The van der Waals surface area contributed by atoms with Crippen LogP contribution in [-0.4, -0.2) is 10.2 Å². The first-order valence-electron chi connectivity index (χ1n) is 6.44. The highest BCUT2D eigenvalue weighted by Gasteiger charge is 1.94. The van der Waals surface area contributed by atoms with Crippen molar-refractivity contribution in [3.8, 4) is 11.5 Å². The lowest BCUT2D eigenvalue weighted by Crippen LogP contribution is -1.79. The Kier molecular flexibility index (Phi) is 9.55. The zero-order valence-corrected chi connectivity index (χ0v) is 13.0. The second-order valence-corrected chi connectivity index (χ2v) is 4.24. The maximum Gasteiger partial charge on any atom is 0.119 e. The average molecular weight is 302 g/mol. The lowest BCUT2D eigenvalue weighted by molar-refractivity contribution is 0.469. The van der Waals surface area contributed by atoms with Crippen LogP contribution in [0.1, 0.15) is 11.1 Å².